The van der Waals surface area contributed by atoms with Crippen LogP contribution in [0.1, 0.15) is 18.4 Å². The monoisotopic (exact) mass is 413 g/mol. The summed E-state index contributed by atoms with van der Waals surface area (Å²) in [4.78, 5) is 8.66. The molecule has 4 heterocycles. The van der Waals surface area contributed by atoms with Crippen LogP contribution < -0.4 is 4.90 Å². The molecule has 29 heavy (non-hydrogen) atoms. The Morgan fingerprint density at radius 1 is 1.14 bits per heavy atom. The molecule has 12 heteroatoms. The van der Waals surface area contributed by atoms with E-state index in [0.717, 1.165) is 36.5 Å². The average Bonchev–Trinajstić information content (AvgIpc) is 3.36. The maximum atomic E-state index is 14.7. The minimum atomic E-state index is -4.51. The molecule has 1 unspecified atom stereocenters. The van der Waals surface area contributed by atoms with Gasteiger partial charge in [0.2, 0.25) is 5.65 Å². The molecule has 2 saturated heterocycles. The number of halogens is 5. The predicted octanol–water partition coefficient (Wildman–Crippen LogP) is 2.45. The molecular formula is C17H16F5N7. The second kappa shape index (κ2) is 6.44. The molecule has 2 aromatic heterocycles. The normalized spacial score (nSPS) is 20.9. The number of aromatic nitrogens is 5. The van der Waals surface area contributed by atoms with Crippen molar-refractivity contribution in [2.75, 3.05) is 31.1 Å². The van der Waals surface area contributed by atoms with Crippen molar-refractivity contribution in [2.24, 2.45) is 0 Å². The van der Waals surface area contributed by atoms with Gasteiger partial charge < -0.3 is 4.90 Å². The van der Waals surface area contributed by atoms with Gasteiger partial charge in [-0.05, 0) is 41.9 Å². The third kappa shape index (κ3) is 2.80. The summed E-state index contributed by atoms with van der Waals surface area (Å²) in [6.45, 7) is 3.17. The van der Waals surface area contributed by atoms with Crippen molar-refractivity contribution in [3.63, 3.8) is 0 Å². The molecule has 0 saturated carbocycles. The smallest absolute Gasteiger partial charge is 0.332 e. The van der Waals surface area contributed by atoms with Gasteiger partial charge in [0.1, 0.15) is 5.52 Å². The summed E-state index contributed by atoms with van der Waals surface area (Å²) >= 11 is 0. The van der Waals surface area contributed by atoms with E-state index in [9.17, 15) is 22.0 Å². The number of hydrogen-bond acceptors (Lipinski definition) is 6. The molecule has 2 aliphatic heterocycles. The fourth-order valence-electron chi connectivity index (χ4n) is 4.22. The number of tetrazole rings is 1. The standard InChI is InChI=1S/C17H16F5N7/c18-11-6-9(17(21,22)16(19)20)7-12-13(11)23-14(15-24-25-26-29(12)15)28-5-4-27-3-1-2-10(27)8-28/h6-7,10,16H,1-5,8H2. The van der Waals surface area contributed by atoms with Gasteiger partial charge in [-0.2, -0.15) is 13.3 Å². The first-order valence-electron chi connectivity index (χ1n) is 9.23. The van der Waals surface area contributed by atoms with E-state index >= 15 is 0 Å². The van der Waals surface area contributed by atoms with Crippen molar-refractivity contribution in [1.82, 2.24) is 29.9 Å². The number of fused-ring (bicyclic) bond motifs is 4. The summed E-state index contributed by atoms with van der Waals surface area (Å²) in [7, 11) is 0. The Bertz CT molecular complexity index is 1080. The van der Waals surface area contributed by atoms with Crippen LogP contribution >= 0.6 is 0 Å². The molecule has 5 rings (SSSR count). The quantitative estimate of drug-likeness (QED) is 0.615. The molecule has 2 aliphatic rings. The van der Waals surface area contributed by atoms with Crippen LogP contribution in [-0.4, -0.2) is 68.6 Å². The number of anilines is 1. The Kier molecular flexibility index (Phi) is 4.09. The molecule has 0 aliphatic carbocycles. The van der Waals surface area contributed by atoms with Gasteiger partial charge in [0.15, 0.2) is 11.6 Å². The fourth-order valence-corrected chi connectivity index (χ4v) is 4.22. The molecule has 1 aromatic carbocycles. The lowest BCUT2D eigenvalue weighted by Gasteiger charge is -2.38. The Morgan fingerprint density at radius 2 is 1.97 bits per heavy atom. The molecule has 0 radical (unpaired) electrons. The summed E-state index contributed by atoms with van der Waals surface area (Å²) in [6.07, 6.45) is -1.81. The van der Waals surface area contributed by atoms with E-state index in [4.69, 9.17) is 0 Å². The number of benzene rings is 1. The molecule has 0 bridgehead atoms. The summed E-state index contributed by atoms with van der Waals surface area (Å²) in [5.41, 5.74) is -1.42. The second-order valence-corrected chi connectivity index (χ2v) is 7.38. The third-order valence-corrected chi connectivity index (χ3v) is 5.70. The van der Waals surface area contributed by atoms with Gasteiger partial charge in [0.25, 0.3) is 0 Å². The maximum Gasteiger partial charge on any atom is 0.332 e. The first-order valence-corrected chi connectivity index (χ1v) is 9.23. The van der Waals surface area contributed by atoms with E-state index in [0.29, 0.717) is 31.0 Å². The van der Waals surface area contributed by atoms with Crippen molar-refractivity contribution in [2.45, 2.75) is 31.2 Å². The molecule has 2 fully saturated rings. The highest BCUT2D eigenvalue weighted by atomic mass is 19.3. The number of nitrogens with zero attached hydrogens (tertiary/aromatic N) is 7. The maximum absolute atomic E-state index is 14.7. The van der Waals surface area contributed by atoms with Crippen LogP contribution in [0.4, 0.5) is 27.8 Å². The molecule has 7 nitrogen and oxygen atoms in total. The fraction of sp³-hybridized carbons (Fsp3) is 0.529. The van der Waals surface area contributed by atoms with Gasteiger partial charge in [-0.25, -0.2) is 18.2 Å². The van der Waals surface area contributed by atoms with Crippen molar-refractivity contribution in [1.29, 1.82) is 0 Å². The highest BCUT2D eigenvalue weighted by molar-refractivity contribution is 5.83. The van der Waals surface area contributed by atoms with E-state index in [1.165, 1.54) is 0 Å². The van der Waals surface area contributed by atoms with Crippen LogP contribution in [0, 0.1) is 5.82 Å². The van der Waals surface area contributed by atoms with E-state index in [1.807, 2.05) is 4.90 Å². The van der Waals surface area contributed by atoms with E-state index in [-0.39, 0.29) is 16.7 Å². The first kappa shape index (κ1) is 18.4. The van der Waals surface area contributed by atoms with E-state index in [1.54, 1.807) is 0 Å². The summed E-state index contributed by atoms with van der Waals surface area (Å²) < 4.78 is 68.9. The van der Waals surface area contributed by atoms with Crippen LogP contribution in [0.25, 0.3) is 16.7 Å². The Morgan fingerprint density at radius 3 is 2.76 bits per heavy atom. The first-order chi connectivity index (χ1) is 13.9. The van der Waals surface area contributed by atoms with Gasteiger partial charge in [0.05, 0.1) is 5.52 Å². The van der Waals surface area contributed by atoms with Crippen LogP contribution in [0.5, 0.6) is 0 Å². The van der Waals surface area contributed by atoms with Gasteiger partial charge in [-0.1, -0.05) is 0 Å². The second-order valence-electron chi connectivity index (χ2n) is 7.38. The molecule has 0 N–H and O–H groups in total. The van der Waals surface area contributed by atoms with E-state index < -0.39 is 23.7 Å². The zero-order valence-corrected chi connectivity index (χ0v) is 15.1. The number of piperazine rings is 1. The number of alkyl halides is 4. The van der Waals surface area contributed by atoms with Crippen LogP contribution in [0.15, 0.2) is 12.1 Å². The molecule has 0 spiro atoms. The highest BCUT2D eigenvalue weighted by Gasteiger charge is 2.43. The molecule has 154 valence electrons. The Balaban J connectivity index is 1.66. The minimum absolute atomic E-state index is 0.167. The zero-order chi connectivity index (χ0) is 20.3. The van der Waals surface area contributed by atoms with Crippen LogP contribution in [0.2, 0.25) is 0 Å². The van der Waals surface area contributed by atoms with Gasteiger partial charge in [0, 0.05) is 31.2 Å². The summed E-state index contributed by atoms with van der Waals surface area (Å²) in [6, 6.07) is 1.52. The van der Waals surface area contributed by atoms with Gasteiger partial charge in [-0.15, -0.1) is 5.10 Å². The molecule has 3 aromatic rings. The van der Waals surface area contributed by atoms with Crippen molar-refractivity contribution < 1.29 is 22.0 Å². The summed E-state index contributed by atoms with van der Waals surface area (Å²) in [5, 5.41) is 11.2. The SMILES string of the molecule is Fc1cc(C(F)(F)C(F)F)cc2c1nc(N1CCN3CCCC3C1)c1nnnn12. The average molecular weight is 413 g/mol. The lowest BCUT2D eigenvalue weighted by atomic mass is 10.1. The number of rotatable bonds is 3. The lowest BCUT2D eigenvalue weighted by Crippen LogP contribution is -2.50. The van der Waals surface area contributed by atoms with Crippen molar-refractivity contribution in [3.8, 4) is 0 Å². The molecule has 0 amide bonds. The zero-order valence-electron chi connectivity index (χ0n) is 15.1. The largest absolute Gasteiger partial charge is 0.351 e. The minimum Gasteiger partial charge on any atom is -0.351 e. The Labute approximate surface area is 161 Å². The van der Waals surface area contributed by atoms with Crippen LogP contribution in [-0.2, 0) is 5.92 Å². The van der Waals surface area contributed by atoms with Crippen LogP contribution in [0.3, 0.4) is 0 Å². The highest BCUT2D eigenvalue weighted by Crippen LogP contribution is 2.37. The lowest BCUT2D eigenvalue weighted by molar-refractivity contribution is -0.135. The third-order valence-electron chi connectivity index (χ3n) is 5.70. The Hall–Kier alpha value is -2.63. The molecular weight excluding hydrogens is 397 g/mol. The molecule has 1 atom stereocenters. The van der Waals surface area contributed by atoms with Crippen molar-refractivity contribution in [3.05, 3.63) is 23.5 Å². The van der Waals surface area contributed by atoms with Crippen molar-refractivity contribution >= 4 is 22.5 Å². The number of hydrogen-bond donors (Lipinski definition) is 0. The van der Waals surface area contributed by atoms with E-state index in [2.05, 4.69) is 25.4 Å². The predicted molar refractivity (Wildman–Crippen MR) is 92.7 cm³/mol. The topological polar surface area (TPSA) is 62.5 Å². The van der Waals surface area contributed by atoms with Gasteiger partial charge >= 0.3 is 12.3 Å². The van der Waals surface area contributed by atoms with Gasteiger partial charge in [-0.3, -0.25) is 4.90 Å². The summed E-state index contributed by atoms with van der Waals surface area (Å²) in [5.74, 6) is -5.29.